The molecule has 1 aliphatic carbocycles. The highest BCUT2D eigenvalue weighted by molar-refractivity contribution is 5.80. The molecule has 6 heteroatoms. The monoisotopic (exact) mass is 413 g/mol. The van der Waals surface area contributed by atoms with Gasteiger partial charge in [0, 0.05) is 42.2 Å². The summed E-state index contributed by atoms with van der Waals surface area (Å²) in [6, 6.07) is 15.8. The first kappa shape index (κ1) is 19.7. The van der Waals surface area contributed by atoms with Crippen LogP contribution >= 0.6 is 0 Å². The van der Waals surface area contributed by atoms with Crippen LogP contribution in [0.3, 0.4) is 0 Å². The molecule has 1 N–H and O–H groups in total. The largest absolute Gasteiger partial charge is 0.340 e. The third-order valence-electron chi connectivity index (χ3n) is 6.30. The zero-order valence-corrected chi connectivity index (χ0v) is 17.6. The number of benzene rings is 1. The standard InChI is InChI=1S/C25H27N5O/c31-25(19-7-4-5-8-19)30-16-6-11-22(30)24-28-21(18-12-14-26-15-13-18)17-23(29-24)27-20-9-2-1-3-10-20/h1-3,9-10,12-15,17,19,22H,4-8,11,16H2,(H,27,28,29)/t22-/m0/s1. The second kappa shape index (κ2) is 8.84. The van der Waals surface area contributed by atoms with Gasteiger partial charge in [0.2, 0.25) is 5.91 Å². The molecule has 0 spiro atoms. The second-order valence-electron chi connectivity index (χ2n) is 8.39. The zero-order chi connectivity index (χ0) is 21.0. The van der Waals surface area contributed by atoms with Gasteiger partial charge in [0.25, 0.3) is 0 Å². The molecule has 31 heavy (non-hydrogen) atoms. The number of pyridine rings is 1. The number of aromatic nitrogens is 3. The van der Waals surface area contributed by atoms with Crippen LogP contribution < -0.4 is 5.32 Å². The molecular formula is C25H27N5O. The summed E-state index contributed by atoms with van der Waals surface area (Å²) in [5, 5.41) is 3.41. The molecule has 0 unspecified atom stereocenters. The molecule has 0 radical (unpaired) electrons. The summed E-state index contributed by atoms with van der Waals surface area (Å²) in [7, 11) is 0. The van der Waals surface area contributed by atoms with Gasteiger partial charge in [0.1, 0.15) is 5.82 Å². The molecule has 6 nitrogen and oxygen atoms in total. The number of amides is 1. The molecule has 2 aromatic heterocycles. The lowest BCUT2D eigenvalue weighted by molar-refractivity contribution is -0.136. The molecule has 2 fully saturated rings. The molecule has 3 aromatic rings. The van der Waals surface area contributed by atoms with Crippen molar-refractivity contribution in [2.24, 2.45) is 5.92 Å². The SMILES string of the molecule is O=C(C1CCCC1)N1CCC[C@H]1c1nc(Nc2ccccc2)cc(-c2ccncc2)n1. The highest BCUT2D eigenvalue weighted by Gasteiger charge is 2.36. The van der Waals surface area contributed by atoms with Crippen LogP contribution in [0.4, 0.5) is 11.5 Å². The van der Waals surface area contributed by atoms with Crippen LogP contribution in [0.15, 0.2) is 60.9 Å². The Morgan fingerprint density at radius 1 is 0.935 bits per heavy atom. The van der Waals surface area contributed by atoms with E-state index in [-0.39, 0.29) is 17.9 Å². The van der Waals surface area contributed by atoms with Gasteiger partial charge in [-0.15, -0.1) is 0 Å². The van der Waals surface area contributed by atoms with Crippen molar-refractivity contribution in [3.63, 3.8) is 0 Å². The fourth-order valence-electron chi connectivity index (χ4n) is 4.73. The summed E-state index contributed by atoms with van der Waals surface area (Å²) in [6.45, 7) is 0.796. The van der Waals surface area contributed by atoms with Gasteiger partial charge in [-0.3, -0.25) is 9.78 Å². The van der Waals surface area contributed by atoms with Crippen LogP contribution in [-0.2, 0) is 4.79 Å². The Labute approximate surface area is 182 Å². The molecule has 1 amide bonds. The van der Waals surface area contributed by atoms with E-state index in [1.165, 1.54) is 0 Å². The molecule has 1 saturated heterocycles. The van der Waals surface area contributed by atoms with E-state index in [1.807, 2.05) is 53.4 Å². The molecular weight excluding hydrogens is 386 g/mol. The number of likely N-dealkylation sites (tertiary alicyclic amines) is 1. The van der Waals surface area contributed by atoms with Crippen LogP contribution in [-0.4, -0.2) is 32.3 Å². The van der Waals surface area contributed by atoms with Crippen LogP contribution in [0.1, 0.15) is 50.4 Å². The third kappa shape index (κ3) is 4.29. The van der Waals surface area contributed by atoms with E-state index in [1.54, 1.807) is 12.4 Å². The van der Waals surface area contributed by atoms with Crippen molar-refractivity contribution >= 4 is 17.4 Å². The average Bonchev–Trinajstić information content (AvgIpc) is 3.52. The maximum Gasteiger partial charge on any atom is 0.226 e. The Morgan fingerprint density at radius 3 is 2.48 bits per heavy atom. The maximum absolute atomic E-state index is 13.2. The summed E-state index contributed by atoms with van der Waals surface area (Å²) in [4.78, 5) is 29.2. The van der Waals surface area contributed by atoms with E-state index >= 15 is 0 Å². The predicted octanol–water partition coefficient (Wildman–Crippen LogP) is 5.14. The highest BCUT2D eigenvalue weighted by Crippen LogP contribution is 2.36. The number of carbonyl (C=O) groups is 1. The van der Waals surface area contributed by atoms with Gasteiger partial charge in [0.05, 0.1) is 11.7 Å². The van der Waals surface area contributed by atoms with Crippen molar-refractivity contribution in [1.82, 2.24) is 19.9 Å². The summed E-state index contributed by atoms with van der Waals surface area (Å²) in [5.41, 5.74) is 2.80. The van der Waals surface area contributed by atoms with E-state index in [0.29, 0.717) is 0 Å². The predicted molar refractivity (Wildman–Crippen MR) is 121 cm³/mol. The third-order valence-corrected chi connectivity index (χ3v) is 6.30. The topological polar surface area (TPSA) is 71.0 Å². The summed E-state index contributed by atoms with van der Waals surface area (Å²) >= 11 is 0. The molecule has 0 bridgehead atoms. The fourth-order valence-corrected chi connectivity index (χ4v) is 4.73. The number of para-hydroxylation sites is 1. The van der Waals surface area contributed by atoms with Gasteiger partial charge < -0.3 is 10.2 Å². The number of anilines is 2. The van der Waals surface area contributed by atoms with Crippen molar-refractivity contribution in [2.75, 3.05) is 11.9 Å². The van der Waals surface area contributed by atoms with Crippen LogP contribution in [0.25, 0.3) is 11.3 Å². The van der Waals surface area contributed by atoms with E-state index in [9.17, 15) is 4.79 Å². The molecule has 5 rings (SSSR count). The van der Waals surface area contributed by atoms with Crippen molar-refractivity contribution in [3.8, 4) is 11.3 Å². The van der Waals surface area contributed by atoms with Crippen LogP contribution in [0.5, 0.6) is 0 Å². The lowest BCUT2D eigenvalue weighted by Gasteiger charge is -2.27. The molecule has 1 atom stereocenters. The smallest absolute Gasteiger partial charge is 0.226 e. The second-order valence-corrected chi connectivity index (χ2v) is 8.39. The number of carbonyl (C=O) groups excluding carboxylic acids is 1. The first-order valence-corrected chi connectivity index (χ1v) is 11.2. The minimum atomic E-state index is -0.0637. The van der Waals surface area contributed by atoms with Gasteiger partial charge >= 0.3 is 0 Å². The van der Waals surface area contributed by atoms with Gasteiger partial charge in [-0.1, -0.05) is 31.0 Å². The number of rotatable bonds is 5. The van der Waals surface area contributed by atoms with Crippen molar-refractivity contribution in [2.45, 2.75) is 44.6 Å². The van der Waals surface area contributed by atoms with Crippen molar-refractivity contribution < 1.29 is 4.79 Å². The Balaban J connectivity index is 1.50. The van der Waals surface area contributed by atoms with Gasteiger partial charge in [-0.25, -0.2) is 9.97 Å². The zero-order valence-electron chi connectivity index (χ0n) is 17.6. The first-order chi connectivity index (χ1) is 15.3. The van der Waals surface area contributed by atoms with Gasteiger partial charge in [-0.05, 0) is 49.9 Å². The quantitative estimate of drug-likeness (QED) is 0.627. The van der Waals surface area contributed by atoms with Crippen LogP contribution in [0, 0.1) is 5.92 Å². The normalized spacial score (nSPS) is 19.0. The lowest BCUT2D eigenvalue weighted by Crippen LogP contribution is -2.35. The molecule has 158 valence electrons. The summed E-state index contributed by atoms with van der Waals surface area (Å²) < 4.78 is 0. The van der Waals surface area contributed by atoms with E-state index in [2.05, 4.69) is 10.3 Å². The molecule has 1 aliphatic heterocycles. The van der Waals surface area contributed by atoms with Crippen molar-refractivity contribution in [3.05, 3.63) is 66.7 Å². The summed E-state index contributed by atoms with van der Waals surface area (Å²) in [6.07, 6.45) is 9.79. The minimum absolute atomic E-state index is 0.0637. The number of nitrogens with one attached hydrogen (secondary N) is 1. The lowest BCUT2D eigenvalue weighted by atomic mass is 10.1. The molecule has 2 aliphatic rings. The maximum atomic E-state index is 13.2. The Hall–Kier alpha value is -3.28. The Bertz CT molecular complexity index is 1030. The van der Waals surface area contributed by atoms with Gasteiger partial charge in [0.15, 0.2) is 5.82 Å². The number of nitrogens with zero attached hydrogens (tertiary/aromatic N) is 4. The minimum Gasteiger partial charge on any atom is -0.340 e. The van der Waals surface area contributed by atoms with Crippen molar-refractivity contribution in [1.29, 1.82) is 0 Å². The fraction of sp³-hybridized carbons (Fsp3) is 0.360. The van der Waals surface area contributed by atoms with Crippen LogP contribution in [0.2, 0.25) is 0 Å². The molecule has 1 saturated carbocycles. The molecule has 3 heterocycles. The van der Waals surface area contributed by atoms with E-state index < -0.39 is 0 Å². The highest BCUT2D eigenvalue weighted by atomic mass is 16.2. The molecule has 1 aromatic carbocycles. The Morgan fingerprint density at radius 2 is 1.71 bits per heavy atom. The van der Waals surface area contributed by atoms with E-state index in [0.717, 1.165) is 73.7 Å². The number of hydrogen-bond acceptors (Lipinski definition) is 5. The average molecular weight is 414 g/mol. The van der Waals surface area contributed by atoms with Gasteiger partial charge in [-0.2, -0.15) is 0 Å². The Kier molecular flexibility index (Phi) is 5.61. The number of hydrogen-bond donors (Lipinski definition) is 1. The van der Waals surface area contributed by atoms with E-state index in [4.69, 9.17) is 9.97 Å². The first-order valence-electron chi connectivity index (χ1n) is 11.2. The summed E-state index contributed by atoms with van der Waals surface area (Å²) in [5.74, 6) is 1.92.